The lowest BCUT2D eigenvalue weighted by molar-refractivity contribution is -0.0516. The number of nitrogens with zero attached hydrogens (tertiary/aromatic N) is 1. The van der Waals surface area contributed by atoms with Gasteiger partial charge in [0.15, 0.2) is 11.5 Å². The molecule has 1 amide bonds. The number of amides is 1. The van der Waals surface area contributed by atoms with Crippen molar-refractivity contribution < 1.29 is 27.8 Å². The number of hydrogen-bond acceptors (Lipinski definition) is 4. The molecule has 2 fully saturated rings. The van der Waals surface area contributed by atoms with E-state index in [0.29, 0.717) is 19.7 Å². The number of methoxy groups -OCH3 is 1. The van der Waals surface area contributed by atoms with Crippen LogP contribution in [0.25, 0.3) is 0 Å². The molecule has 0 bridgehead atoms. The first-order valence-corrected chi connectivity index (χ1v) is 8.03. The average Bonchev–Trinajstić information content (AvgIpc) is 2.98. The third-order valence-corrected chi connectivity index (χ3v) is 4.77. The SMILES string of the molecule is COc1cccc(C(=O)N2CCC3(CCCOC3)C2)c1OC(F)F. The molecule has 0 aromatic heterocycles. The number of rotatable bonds is 4. The molecular weight excluding hydrogens is 320 g/mol. The van der Waals surface area contributed by atoms with Gasteiger partial charge in [-0.05, 0) is 31.4 Å². The molecule has 1 unspecified atom stereocenters. The van der Waals surface area contributed by atoms with Crippen LogP contribution in [0.2, 0.25) is 0 Å². The lowest BCUT2D eigenvalue weighted by Crippen LogP contribution is -2.37. The highest BCUT2D eigenvalue weighted by molar-refractivity contribution is 5.98. The fourth-order valence-electron chi connectivity index (χ4n) is 3.57. The first-order valence-electron chi connectivity index (χ1n) is 8.03. The van der Waals surface area contributed by atoms with Crippen LogP contribution in [0.15, 0.2) is 18.2 Å². The molecule has 2 aliphatic rings. The van der Waals surface area contributed by atoms with E-state index in [1.54, 1.807) is 11.0 Å². The summed E-state index contributed by atoms with van der Waals surface area (Å²) in [5, 5.41) is 0. The molecule has 2 aliphatic heterocycles. The smallest absolute Gasteiger partial charge is 0.387 e. The van der Waals surface area contributed by atoms with Crippen molar-refractivity contribution in [3.63, 3.8) is 0 Å². The second-order valence-electron chi connectivity index (χ2n) is 6.35. The summed E-state index contributed by atoms with van der Waals surface area (Å²) >= 11 is 0. The second-order valence-corrected chi connectivity index (χ2v) is 6.35. The number of alkyl halides is 2. The number of carbonyl (C=O) groups excluding carboxylic acids is 1. The molecule has 1 aromatic carbocycles. The zero-order valence-corrected chi connectivity index (χ0v) is 13.6. The Bertz CT molecular complexity index is 602. The maximum Gasteiger partial charge on any atom is 0.387 e. The van der Waals surface area contributed by atoms with Gasteiger partial charge in [-0.15, -0.1) is 0 Å². The molecular formula is C17H21F2NO4. The Labute approximate surface area is 139 Å². The van der Waals surface area contributed by atoms with Crippen LogP contribution in [0.5, 0.6) is 11.5 Å². The van der Waals surface area contributed by atoms with Crippen LogP contribution in [-0.2, 0) is 4.74 Å². The maximum absolute atomic E-state index is 12.8. The van der Waals surface area contributed by atoms with E-state index in [4.69, 9.17) is 9.47 Å². The summed E-state index contributed by atoms with van der Waals surface area (Å²) in [4.78, 5) is 14.5. The van der Waals surface area contributed by atoms with Crippen molar-refractivity contribution in [2.75, 3.05) is 33.4 Å². The van der Waals surface area contributed by atoms with Crippen LogP contribution in [0.1, 0.15) is 29.6 Å². The molecule has 132 valence electrons. The summed E-state index contributed by atoms with van der Waals surface area (Å²) in [5.74, 6) is -0.399. The maximum atomic E-state index is 12.8. The van der Waals surface area contributed by atoms with E-state index >= 15 is 0 Å². The number of halogens is 2. The number of para-hydroxylation sites is 1. The van der Waals surface area contributed by atoms with Gasteiger partial charge in [0.05, 0.1) is 19.3 Å². The summed E-state index contributed by atoms with van der Waals surface area (Å²) < 4.78 is 40.6. The van der Waals surface area contributed by atoms with Gasteiger partial charge in [-0.3, -0.25) is 4.79 Å². The minimum Gasteiger partial charge on any atom is -0.493 e. The third-order valence-electron chi connectivity index (χ3n) is 4.77. The van der Waals surface area contributed by atoms with E-state index in [0.717, 1.165) is 25.9 Å². The molecule has 7 heteroatoms. The quantitative estimate of drug-likeness (QED) is 0.845. The van der Waals surface area contributed by atoms with E-state index in [9.17, 15) is 13.6 Å². The largest absolute Gasteiger partial charge is 0.493 e. The lowest BCUT2D eigenvalue weighted by Gasteiger charge is -2.33. The monoisotopic (exact) mass is 341 g/mol. The molecule has 0 N–H and O–H groups in total. The van der Waals surface area contributed by atoms with Gasteiger partial charge in [-0.1, -0.05) is 6.07 Å². The van der Waals surface area contributed by atoms with Crippen molar-refractivity contribution in [3.8, 4) is 11.5 Å². The van der Waals surface area contributed by atoms with Crippen LogP contribution in [-0.4, -0.2) is 50.8 Å². The number of ether oxygens (including phenoxy) is 3. The zero-order chi connectivity index (χ0) is 17.2. The van der Waals surface area contributed by atoms with E-state index in [1.165, 1.54) is 19.2 Å². The highest BCUT2D eigenvalue weighted by Gasteiger charge is 2.42. The van der Waals surface area contributed by atoms with Gasteiger partial charge in [-0.25, -0.2) is 0 Å². The Morgan fingerprint density at radius 1 is 1.38 bits per heavy atom. The minimum atomic E-state index is -3.02. The average molecular weight is 341 g/mol. The predicted molar refractivity (Wildman–Crippen MR) is 82.6 cm³/mol. The van der Waals surface area contributed by atoms with Crippen molar-refractivity contribution in [3.05, 3.63) is 23.8 Å². The van der Waals surface area contributed by atoms with Crippen LogP contribution in [0.4, 0.5) is 8.78 Å². The summed E-state index contributed by atoms with van der Waals surface area (Å²) in [6, 6.07) is 4.58. The lowest BCUT2D eigenvalue weighted by atomic mass is 9.82. The van der Waals surface area contributed by atoms with Crippen molar-refractivity contribution >= 4 is 5.91 Å². The van der Waals surface area contributed by atoms with Crippen molar-refractivity contribution in [2.45, 2.75) is 25.9 Å². The number of hydrogen-bond donors (Lipinski definition) is 0. The fourth-order valence-corrected chi connectivity index (χ4v) is 3.57. The molecule has 1 atom stereocenters. The van der Waals surface area contributed by atoms with Crippen molar-refractivity contribution in [1.29, 1.82) is 0 Å². The first kappa shape index (κ1) is 17.0. The highest BCUT2D eigenvalue weighted by atomic mass is 19.3. The van der Waals surface area contributed by atoms with Gasteiger partial charge in [0, 0.05) is 25.1 Å². The van der Waals surface area contributed by atoms with E-state index in [2.05, 4.69) is 4.74 Å². The van der Waals surface area contributed by atoms with Crippen molar-refractivity contribution in [2.24, 2.45) is 5.41 Å². The van der Waals surface area contributed by atoms with Gasteiger partial charge < -0.3 is 19.1 Å². The normalized spacial score (nSPS) is 23.8. The summed E-state index contributed by atoms with van der Waals surface area (Å²) in [7, 11) is 1.35. The first-order chi connectivity index (χ1) is 11.5. The fraction of sp³-hybridized carbons (Fsp3) is 0.588. The Kier molecular flexibility index (Phi) is 4.89. The van der Waals surface area contributed by atoms with E-state index in [1.807, 2.05) is 0 Å². The van der Waals surface area contributed by atoms with Crippen LogP contribution >= 0.6 is 0 Å². The van der Waals surface area contributed by atoms with Crippen LogP contribution in [0.3, 0.4) is 0 Å². The Morgan fingerprint density at radius 3 is 2.88 bits per heavy atom. The van der Waals surface area contributed by atoms with Gasteiger partial charge >= 0.3 is 6.61 Å². The molecule has 2 heterocycles. The van der Waals surface area contributed by atoms with Gasteiger partial charge in [0.2, 0.25) is 0 Å². The van der Waals surface area contributed by atoms with E-state index < -0.39 is 6.61 Å². The molecule has 1 spiro atoms. The number of likely N-dealkylation sites (tertiary alicyclic amines) is 1. The molecule has 1 aromatic rings. The minimum absolute atomic E-state index is 0.00346. The van der Waals surface area contributed by atoms with E-state index in [-0.39, 0.29) is 28.4 Å². The molecule has 2 saturated heterocycles. The second kappa shape index (κ2) is 6.93. The van der Waals surface area contributed by atoms with Gasteiger partial charge in [0.25, 0.3) is 5.91 Å². The topological polar surface area (TPSA) is 48.0 Å². The van der Waals surface area contributed by atoms with Crippen LogP contribution in [0, 0.1) is 5.41 Å². The summed E-state index contributed by atoms with van der Waals surface area (Å²) in [6.45, 7) is -0.442. The van der Waals surface area contributed by atoms with Crippen molar-refractivity contribution in [1.82, 2.24) is 4.90 Å². The predicted octanol–water partition coefficient (Wildman–Crippen LogP) is 2.94. The standard InChI is InChI=1S/C17H21F2NO4/c1-22-13-5-2-4-12(14(13)24-16(18)19)15(21)20-8-7-17(10-20)6-3-9-23-11-17/h2,4-5,16H,3,6-11H2,1H3. The number of benzene rings is 1. The Hall–Kier alpha value is -1.89. The zero-order valence-electron chi connectivity index (χ0n) is 13.6. The molecule has 5 nitrogen and oxygen atoms in total. The molecule has 3 rings (SSSR count). The highest BCUT2D eigenvalue weighted by Crippen LogP contribution is 2.40. The summed E-state index contributed by atoms with van der Waals surface area (Å²) in [5.41, 5.74) is 0.0969. The Morgan fingerprint density at radius 2 is 2.21 bits per heavy atom. The molecule has 0 radical (unpaired) electrons. The summed E-state index contributed by atoms with van der Waals surface area (Å²) in [6.07, 6.45) is 2.88. The molecule has 0 aliphatic carbocycles. The molecule has 0 saturated carbocycles. The van der Waals surface area contributed by atoms with Gasteiger partial charge in [0.1, 0.15) is 0 Å². The van der Waals surface area contributed by atoms with Crippen LogP contribution < -0.4 is 9.47 Å². The van der Waals surface area contributed by atoms with Gasteiger partial charge in [-0.2, -0.15) is 8.78 Å². The third kappa shape index (κ3) is 3.31. The number of carbonyl (C=O) groups is 1. The Balaban J connectivity index is 1.82. The molecule has 24 heavy (non-hydrogen) atoms.